The molecular formula is C42H34O8. The molecule has 0 aromatic heterocycles. The average Bonchev–Trinajstić information content (AvgIpc) is 3.08. The van der Waals surface area contributed by atoms with Crippen molar-refractivity contribution in [2.45, 2.75) is 27.7 Å². The maximum atomic E-state index is 12.7. The Bertz CT molecular complexity index is 2100. The lowest BCUT2D eigenvalue weighted by Crippen LogP contribution is -2.12. The number of hydrogen-bond acceptors (Lipinski definition) is 8. The molecule has 50 heavy (non-hydrogen) atoms. The summed E-state index contributed by atoms with van der Waals surface area (Å²) >= 11 is 0. The van der Waals surface area contributed by atoms with Crippen molar-refractivity contribution in [3.05, 3.63) is 145 Å². The van der Waals surface area contributed by atoms with Crippen LogP contribution in [0.2, 0.25) is 0 Å². The van der Waals surface area contributed by atoms with Crippen molar-refractivity contribution >= 4 is 23.9 Å². The van der Waals surface area contributed by atoms with Gasteiger partial charge in [-0.1, -0.05) is 74.6 Å². The van der Waals surface area contributed by atoms with Crippen molar-refractivity contribution in [3.63, 3.8) is 0 Å². The number of benzene rings is 4. The van der Waals surface area contributed by atoms with Gasteiger partial charge in [0, 0.05) is 39.5 Å². The fourth-order valence-corrected chi connectivity index (χ4v) is 4.12. The van der Waals surface area contributed by atoms with Gasteiger partial charge in [-0.15, -0.1) is 0 Å². The first-order valence-electron chi connectivity index (χ1n) is 15.2. The third-order valence-corrected chi connectivity index (χ3v) is 6.88. The molecule has 8 heteroatoms. The van der Waals surface area contributed by atoms with Crippen LogP contribution in [0.4, 0.5) is 0 Å². The molecule has 8 nitrogen and oxygen atoms in total. The fourth-order valence-electron chi connectivity index (χ4n) is 4.12. The quantitative estimate of drug-likeness (QED) is 0.0720. The summed E-state index contributed by atoms with van der Waals surface area (Å²) in [7, 11) is 0. The van der Waals surface area contributed by atoms with Crippen molar-refractivity contribution in [3.8, 4) is 57.1 Å². The smallest absolute Gasteiger partial charge is 0.338 e. The van der Waals surface area contributed by atoms with Crippen LogP contribution in [-0.4, -0.2) is 23.9 Å². The Morgan fingerprint density at radius 1 is 0.460 bits per heavy atom. The Balaban J connectivity index is 1.71. The van der Waals surface area contributed by atoms with Crippen molar-refractivity contribution in [2.24, 2.45) is 0 Å². The van der Waals surface area contributed by atoms with Gasteiger partial charge in [0.15, 0.2) is 0 Å². The number of esters is 4. The van der Waals surface area contributed by atoms with Crippen molar-refractivity contribution in [1.29, 1.82) is 0 Å². The van der Waals surface area contributed by atoms with Crippen molar-refractivity contribution in [1.82, 2.24) is 0 Å². The van der Waals surface area contributed by atoms with Gasteiger partial charge < -0.3 is 18.9 Å². The summed E-state index contributed by atoms with van der Waals surface area (Å²) in [5.41, 5.74) is 4.59. The van der Waals surface area contributed by atoms with Crippen molar-refractivity contribution in [2.75, 3.05) is 0 Å². The minimum Gasteiger partial charge on any atom is -0.423 e. The molecule has 0 aliphatic heterocycles. The monoisotopic (exact) mass is 666 g/mol. The molecule has 0 aliphatic carbocycles. The van der Waals surface area contributed by atoms with E-state index in [0.717, 1.165) is 11.1 Å². The minimum absolute atomic E-state index is 0.109. The molecule has 0 heterocycles. The molecule has 0 aliphatic rings. The highest BCUT2D eigenvalue weighted by molar-refractivity contribution is 5.92. The molecule has 0 spiro atoms. The van der Waals surface area contributed by atoms with Gasteiger partial charge in [-0.05, 0) is 86.8 Å². The molecule has 4 rings (SSSR count). The molecule has 0 unspecified atom stereocenters. The van der Waals surface area contributed by atoms with Crippen LogP contribution in [0.1, 0.15) is 38.8 Å². The highest BCUT2D eigenvalue weighted by Crippen LogP contribution is 2.38. The number of carbonyl (C=O) groups is 4. The number of rotatable bonds is 10. The second-order valence-corrected chi connectivity index (χ2v) is 11.4. The molecule has 4 aromatic carbocycles. The SMILES string of the molecule is C=C(C)C(=O)Oc1ccc(-c2ccc(C#Cc3cc(OC(=O)C(=C)C)c(-c4ccc(OC(=O)C(=C)C)cc4)cc3OC(=O)C(=C)C)cc2)cc1. The first-order valence-corrected chi connectivity index (χ1v) is 15.2. The maximum Gasteiger partial charge on any atom is 0.338 e. The molecule has 250 valence electrons. The van der Waals surface area contributed by atoms with E-state index in [1.54, 1.807) is 56.3 Å². The molecule has 0 saturated carbocycles. The molecule has 0 saturated heterocycles. The third-order valence-electron chi connectivity index (χ3n) is 6.88. The summed E-state index contributed by atoms with van der Waals surface area (Å²) in [4.78, 5) is 49.1. The van der Waals surface area contributed by atoms with Crippen LogP contribution in [-0.2, 0) is 19.2 Å². The standard InChI is InChI=1S/C42H34O8/c1-25(2)39(43)47-34-19-15-31(16-20-34)30-12-9-29(10-13-30)11-14-33-23-38(50-42(46)28(7)8)36(24-37(33)49-41(45)27(5)6)32-17-21-35(22-18-32)48-40(44)26(3)4/h9-10,12-13,15-24H,1,3,5,7H2,2,4,6,8H3. The zero-order valence-electron chi connectivity index (χ0n) is 28.2. The van der Waals surface area contributed by atoms with Gasteiger partial charge in [0.25, 0.3) is 0 Å². The molecule has 4 aromatic rings. The van der Waals surface area contributed by atoms with Gasteiger partial charge in [-0.2, -0.15) is 0 Å². The van der Waals surface area contributed by atoms with Gasteiger partial charge in [0.2, 0.25) is 0 Å². The first-order chi connectivity index (χ1) is 23.7. The Hall–Kier alpha value is -6.72. The summed E-state index contributed by atoms with van der Waals surface area (Å²) in [6.07, 6.45) is 0. The number of carbonyl (C=O) groups excluding carboxylic acids is 4. The molecule has 0 N–H and O–H groups in total. The summed E-state index contributed by atoms with van der Waals surface area (Å²) < 4.78 is 21.9. The Morgan fingerprint density at radius 2 is 0.840 bits per heavy atom. The lowest BCUT2D eigenvalue weighted by Gasteiger charge is -2.15. The van der Waals surface area contributed by atoms with Crippen LogP contribution in [0.15, 0.2) is 134 Å². The minimum atomic E-state index is -0.669. The Labute approximate surface area is 291 Å². The van der Waals surface area contributed by atoms with Crippen LogP contribution >= 0.6 is 0 Å². The number of hydrogen-bond donors (Lipinski definition) is 0. The van der Waals surface area contributed by atoms with E-state index in [-0.39, 0.29) is 39.5 Å². The van der Waals surface area contributed by atoms with E-state index in [4.69, 9.17) is 18.9 Å². The maximum absolute atomic E-state index is 12.7. The Kier molecular flexibility index (Phi) is 11.5. The molecular weight excluding hydrogens is 632 g/mol. The molecule has 0 atom stereocenters. The van der Waals surface area contributed by atoms with Gasteiger partial charge in [-0.25, -0.2) is 19.2 Å². The Morgan fingerprint density at radius 3 is 1.28 bits per heavy atom. The lowest BCUT2D eigenvalue weighted by atomic mass is 10.0. The van der Waals surface area contributed by atoms with Gasteiger partial charge in [-0.3, -0.25) is 0 Å². The highest BCUT2D eigenvalue weighted by atomic mass is 16.5. The van der Waals surface area contributed by atoms with Crippen LogP contribution in [0.5, 0.6) is 23.0 Å². The average molecular weight is 667 g/mol. The molecule has 0 amide bonds. The van der Waals surface area contributed by atoms with E-state index < -0.39 is 23.9 Å². The van der Waals surface area contributed by atoms with E-state index in [2.05, 4.69) is 38.2 Å². The predicted molar refractivity (Wildman–Crippen MR) is 192 cm³/mol. The summed E-state index contributed by atoms with van der Waals surface area (Å²) in [5.74, 6) is 4.65. The lowest BCUT2D eigenvalue weighted by molar-refractivity contribution is -0.131. The first kappa shape index (κ1) is 36.1. The molecule has 0 radical (unpaired) electrons. The van der Waals surface area contributed by atoms with Gasteiger partial charge >= 0.3 is 23.9 Å². The number of ether oxygens (including phenoxy) is 4. The predicted octanol–water partition coefficient (Wildman–Crippen LogP) is 8.35. The van der Waals surface area contributed by atoms with Gasteiger partial charge in [0.05, 0.1) is 5.56 Å². The molecule has 0 fully saturated rings. The molecule has 0 bridgehead atoms. The second kappa shape index (κ2) is 15.9. The van der Waals surface area contributed by atoms with Crippen LogP contribution < -0.4 is 18.9 Å². The third kappa shape index (κ3) is 9.43. The largest absolute Gasteiger partial charge is 0.423 e. The second-order valence-electron chi connectivity index (χ2n) is 11.4. The van der Waals surface area contributed by atoms with Gasteiger partial charge in [0.1, 0.15) is 23.0 Å². The summed E-state index contributed by atoms with van der Waals surface area (Å²) in [6.45, 7) is 20.7. The van der Waals surface area contributed by atoms with Crippen LogP contribution in [0, 0.1) is 11.8 Å². The van der Waals surface area contributed by atoms with Crippen molar-refractivity contribution < 1.29 is 38.1 Å². The van der Waals surface area contributed by atoms with Crippen LogP contribution in [0.3, 0.4) is 0 Å². The normalized spacial score (nSPS) is 10.1. The fraction of sp³-hybridized carbons (Fsp3) is 0.0952. The summed E-state index contributed by atoms with van der Waals surface area (Å²) in [5, 5.41) is 0. The van der Waals surface area contributed by atoms with E-state index in [9.17, 15) is 19.2 Å². The highest BCUT2D eigenvalue weighted by Gasteiger charge is 2.19. The van der Waals surface area contributed by atoms with E-state index >= 15 is 0 Å². The topological polar surface area (TPSA) is 105 Å². The van der Waals surface area contributed by atoms with E-state index in [0.29, 0.717) is 28.0 Å². The summed E-state index contributed by atoms with van der Waals surface area (Å²) in [6, 6.07) is 24.0. The zero-order valence-corrected chi connectivity index (χ0v) is 28.2. The zero-order chi connectivity index (χ0) is 36.5. The van der Waals surface area contributed by atoms with E-state index in [1.165, 1.54) is 19.9 Å². The van der Waals surface area contributed by atoms with E-state index in [1.807, 2.05) is 36.4 Å². The van der Waals surface area contributed by atoms with Crippen LogP contribution in [0.25, 0.3) is 22.3 Å².